The van der Waals surface area contributed by atoms with E-state index in [-0.39, 0.29) is 42.5 Å². The number of carboxylic acids is 1. The monoisotopic (exact) mass is 614 g/mol. The number of hydrogen-bond donors (Lipinski definition) is 3. The second-order valence-corrected chi connectivity index (χ2v) is 11.8. The van der Waals surface area contributed by atoms with Crippen molar-refractivity contribution in [2.24, 2.45) is 5.92 Å². The van der Waals surface area contributed by atoms with Crippen LogP contribution in [0.3, 0.4) is 0 Å². The molecule has 236 valence electrons. The zero-order chi connectivity index (χ0) is 31.5. The average Bonchev–Trinajstić information content (AvgIpc) is 3.36. The highest BCUT2D eigenvalue weighted by Crippen LogP contribution is 2.44. The summed E-state index contributed by atoms with van der Waals surface area (Å²) >= 11 is 0. The van der Waals surface area contributed by atoms with Crippen LogP contribution in [0, 0.1) is 17.2 Å². The van der Waals surface area contributed by atoms with Gasteiger partial charge >= 0.3 is 12.1 Å². The highest BCUT2D eigenvalue weighted by atomic mass is 19.4. The number of ether oxygens (including phenoxy) is 2. The van der Waals surface area contributed by atoms with Crippen LogP contribution in [0.25, 0.3) is 10.9 Å². The van der Waals surface area contributed by atoms with Gasteiger partial charge in [0.05, 0.1) is 25.2 Å². The molecular formula is C32H37F3N4O5. The number of methoxy groups -OCH3 is 1. The second-order valence-electron chi connectivity index (χ2n) is 11.8. The average molecular weight is 615 g/mol. The van der Waals surface area contributed by atoms with E-state index in [9.17, 15) is 28.3 Å². The van der Waals surface area contributed by atoms with Crippen molar-refractivity contribution in [1.29, 1.82) is 5.26 Å². The summed E-state index contributed by atoms with van der Waals surface area (Å²) in [5.74, 6) is 0.0787. The number of nitrogens with zero attached hydrogens (tertiary/aromatic N) is 3. The Hall–Kier alpha value is -3.79. The Morgan fingerprint density at radius 2 is 1.91 bits per heavy atom. The number of carbonyl (C=O) groups is 1. The molecule has 1 aromatic heterocycles. The van der Waals surface area contributed by atoms with E-state index in [2.05, 4.69) is 11.4 Å². The van der Waals surface area contributed by atoms with Crippen molar-refractivity contribution >= 4 is 16.9 Å². The zero-order valence-electron chi connectivity index (χ0n) is 24.6. The van der Waals surface area contributed by atoms with Crippen molar-refractivity contribution in [2.45, 2.75) is 56.5 Å². The van der Waals surface area contributed by atoms with Crippen LogP contribution in [-0.4, -0.2) is 77.8 Å². The maximum atomic E-state index is 14.8. The first-order chi connectivity index (χ1) is 21.0. The number of fused-ring (bicyclic) bond motifs is 1. The molecule has 3 N–H and O–H groups in total. The molecule has 2 aliphatic rings. The lowest BCUT2D eigenvalue weighted by Gasteiger charge is -2.39. The van der Waals surface area contributed by atoms with Crippen molar-refractivity contribution in [1.82, 2.24) is 14.8 Å². The molecule has 0 saturated carbocycles. The van der Waals surface area contributed by atoms with Crippen molar-refractivity contribution < 1.29 is 37.7 Å². The topological polar surface area (TPSA) is 120 Å². The van der Waals surface area contributed by atoms with Gasteiger partial charge in [-0.2, -0.15) is 18.4 Å². The molecule has 2 unspecified atom stereocenters. The molecular weight excluding hydrogens is 577 g/mol. The highest BCUT2D eigenvalue weighted by Gasteiger charge is 2.57. The SMILES string of the molecule is COc1cc(CC(=O)O)ccc1OC1CCN(CC(O)(c2cn(CC3CCCNC3)c3cc(C#N)ccc23)C(F)(F)F)CC1. The quantitative estimate of drug-likeness (QED) is 0.307. The number of aromatic nitrogens is 1. The lowest BCUT2D eigenvalue weighted by Crippen LogP contribution is -2.53. The first-order valence-electron chi connectivity index (χ1n) is 14.8. The van der Waals surface area contributed by atoms with E-state index >= 15 is 0 Å². The molecule has 3 heterocycles. The zero-order valence-corrected chi connectivity index (χ0v) is 24.6. The number of hydrogen-bond acceptors (Lipinski definition) is 7. The van der Waals surface area contributed by atoms with Gasteiger partial charge in [0, 0.05) is 48.8 Å². The first-order valence-corrected chi connectivity index (χ1v) is 14.8. The lowest BCUT2D eigenvalue weighted by atomic mass is 9.90. The van der Waals surface area contributed by atoms with Gasteiger partial charge < -0.3 is 29.6 Å². The third kappa shape index (κ3) is 6.80. The largest absolute Gasteiger partial charge is 0.493 e. The Morgan fingerprint density at radius 1 is 1.14 bits per heavy atom. The number of benzene rings is 2. The molecule has 0 aliphatic carbocycles. The summed E-state index contributed by atoms with van der Waals surface area (Å²) in [4.78, 5) is 12.7. The number of halogens is 3. The number of β-amino-alcohol motifs (C(OH)–C–C–N with tert-alkyl or cyclic N) is 1. The molecule has 3 aromatic rings. The fraction of sp³-hybridized carbons (Fsp3) is 0.500. The molecule has 0 amide bonds. The predicted octanol–water partition coefficient (Wildman–Crippen LogP) is 4.44. The van der Waals surface area contributed by atoms with Crippen LogP contribution >= 0.6 is 0 Å². The van der Waals surface area contributed by atoms with Crippen LogP contribution < -0.4 is 14.8 Å². The summed E-state index contributed by atoms with van der Waals surface area (Å²) in [6.07, 6.45) is -1.21. The van der Waals surface area contributed by atoms with E-state index in [1.165, 1.54) is 25.4 Å². The van der Waals surface area contributed by atoms with Gasteiger partial charge in [0.1, 0.15) is 6.10 Å². The van der Waals surface area contributed by atoms with Gasteiger partial charge in [-0.3, -0.25) is 9.69 Å². The van der Waals surface area contributed by atoms with Crippen LogP contribution in [0.1, 0.15) is 42.4 Å². The third-order valence-corrected chi connectivity index (χ3v) is 8.64. The van der Waals surface area contributed by atoms with Gasteiger partial charge in [-0.05, 0) is 74.5 Å². The number of aliphatic carboxylic acids is 1. The highest BCUT2D eigenvalue weighted by molar-refractivity contribution is 5.86. The number of carboxylic acid groups (broad SMARTS) is 1. The van der Waals surface area contributed by atoms with Crippen molar-refractivity contribution in [2.75, 3.05) is 39.8 Å². The molecule has 9 nitrogen and oxygen atoms in total. The summed E-state index contributed by atoms with van der Waals surface area (Å²) in [6.45, 7) is 2.05. The van der Waals surface area contributed by atoms with E-state index in [0.717, 1.165) is 25.9 Å². The summed E-state index contributed by atoms with van der Waals surface area (Å²) in [6, 6.07) is 11.5. The van der Waals surface area contributed by atoms with Crippen LogP contribution in [0.4, 0.5) is 13.2 Å². The minimum absolute atomic E-state index is 0.160. The summed E-state index contributed by atoms with van der Waals surface area (Å²) in [5, 5.41) is 33.7. The minimum Gasteiger partial charge on any atom is -0.493 e. The molecule has 0 bridgehead atoms. The molecule has 12 heteroatoms. The number of piperidine rings is 2. The summed E-state index contributed by atoms with van der Waals surface area (Å²) < 4.78 is 57.7. The smallest absolute Gasteiger partial charge is 0.422 e. The van der Waals surface area contributed by atoms with Crippen LogP contribution in [0.2, 0.25) is 0 Å². The molecule has 2 saturated heterocycles. The number of aliphatic hydroxyl groups is 1. The van der Waals surface area contributed by atoms with Crippen LogP contribution in [0.5, 0.6) is 11.5 Å². The first kappa shape index (κ1) is 31.6. The lowest BCUT2D eigenvalue weighted by molar-refractivity contribution is -0.272. The molecule has 5 rings (SSSR count). The van der Waals surface area contributed by atoms with E-state index in [4.69, 9.17) is 14.6 Å². The van der Waals surface area contributed by atoms with Gasteiger partial charge in [-0.25, -0.2) is 0 Å². The Balaban J connectivity index is 1.34. The summed E-state index contributed by atoms with van der Waals surface area (Å²) in [7, 11) is 1.46. The molecule has 2 fully saturated rings. The fourth-order valence-electron chi connectivity index (χ4n) is 6.31. The number of alkyl halides is 3. The Morgan fingerprint density at radius 3 is 2.55 bits per heavy atom. The number of rotatable bonds is 10. The van der Waals surface area contributed by atoms with Gasteiger partial charge in [0.15, 0.2) is 11.5 Å². The summed E-state index contributed by atoms with van der Waals surface area (Å²) in [5.41, 5.74) is -1.94. The number of nitriles is 1. The Kier molecular flexibility index (Phi) is 9.39. The molecule has 44 heavy (non-hydrogen) atoms. The maximum absolute atomic E-state index is 14.8. The number of likely N-dealkylation sites (tertiary alicyclic amines) is 1. The van der Waals surface area contributed by atoms with Gasteiger partial charge in [-0.15, -0.1) is 0 Å². The van der Waals surface area contributed by atoms with Gasteiger partial charge in [-0.1, -0.05) is 12.1 Å². The number of nitrogens with one attached hydrogen (secondary N) is 1. The normalized spacial score (nSPS) is 19.8. The third-order valence-electron chi connectivity index (χ3n) is 8.64. The Bertz CT molecular complexity index is 1520. The van der Waals surface area contributed by atoms with E-state index < -0.39 is 24.3 Å². The maximum Gasteiger partial charge on any atom is 0.422 e. The fourth-order valence-corrected chi connectivity index (χ4v) is 6.31. The van der Waals surface area contributed by atoms with Gasteiger partial charge in [0.25, 0.3) is 0 Å². The molecule has 2 atom stereocenters. The van der Waals surface area contributed by atoms with E-state index in [0.29, 0.717) is 47.5 Å². The minimum atomic E-state index is -4.95. The molecule has 2 aliphatic heterocycles. The Labute approximate surface area is 253 Å². The van der Waals surface area contributed by atoms with Crippen LogP contribution in [-0.2, 0) is 23.4 Å². The second kappa shape index (κ2) is 13.1. The predicted molar refractivity (Wildman–Crippen MR) is 157 cm³/mol. The molecule has 2 aromatic carbocycles. The van der Waals surface area contributed by atoms with Gasteiger partial charge in [0.2, 0.25) is 5.60 Å². The van der Waals surface area contributed by atoms with Crippen molar-refractivity contribution in [3.63, 3.8) is 0 Å². The van der Waals surface area contributed by atoms with Crippen molar-refractivity contribution in [3.05, 3.63) is 59.3 Å². The van der Waals surface area contributed by atoms with Crippen LogP contribution in [0.15, 0.2) is 42.6 Å². The van der Waals surface area contributed by atoms with E-state index in [1.807, 2.05) is 0 Å². The standard InChI is InChI=1S/C32H37F3N4O5/c1-43-29-14-21(15-30(40)41)5-7-28(29)44-24-8-11-38(12-9-24)20-31(42,32(33,34)35)26-19-39(18-23-3-2-10-37-17-23)27-13-22(16-36)4-6-25(26)27/h4-7,13-14,19,23-24,37,42H,2-3,8-12,15,17-18,20H2,1H3,(H,40,41). The molecule has 0 radical (unpaired) electrons. The van der Waals surface area contributed by atoms with Crippen molar-refractivity contribution in [3.8, 4) is 17.6 Å². The van der Waals surface area contributed by atoms with E-state index in [1.54, 1.807) is 33.7 Å². The molecule has 0 spiro atoms.